The highest BCUT2D eigenvalue weighted by Crippen LogP contribution is 2.25. The largest absolute Gasteiger partial charge is 0.492 e. The number of nitrogens with one attached hydrogen (secondary N) is 1. The molecule has 0 radical (unpaired) electrons. The average Bonchev–Trinajstić information content (AvgIpc) is 2.97. The number of para-hydroxylation sites is 2. The Kier molecular flexibility index (Phi) is 5.37. The molecule has 1 heterocycles. The van der Waals surface area contributed by atoms with E-state index in [2.05, 4.69) is 10.3 Å². The van der Waals surface area contributed by atoms with Gasteiger partial charge in [0.2, 0.25) is 11.8 Å². The summed E-state index contributed by atoms with van der Waals surface area (Å²) in [5.74, 6) is 1.67. The van der Waals surface area contributed by atoms with Crippen LogP contribution < -0.4 is 10.1 Å². The number of ether oxygens (including phenoxy) is 1. The zero-order valence-electron chi connectivity index (χ0n) is 15.2. The molecule has 0 unspecified atom stereocenters. The van der Waals surface area contributed by atoms with E-state index < -0.39 is 0 Å². The Morgan fingerprint density at radius 3 is 2.73 bits per heavy atom. The van der Waals surface area contributed by atoms with E-state index in [0.717, 1.165) is 11.1 Å². The van der Waals surface area contributed by atoms with E-state index in [-0.39, 0.29) is 12.3 Å². The molecule has 26 heavy (non-hydrogen) atoms. The molecule has 5 heteroatoms. The molecule has 1 N–H and O–H groups in total. The minimum Gasteiger partial charge on any atom is -0.492 e. The second-order valence-electron chi connectivity index (χ2n) is 6.05. The molecule has 3 aromatic rings. The fourth-order valence-corrected chi connectivity index (χ4v) is 2.69. The van der Waals surface area contributed by atoms with Crippen molar-refractivity contribution in [2.24, 2.45) is 0 Å². The van der Waals surface area contributed by atoms with Gasteiger partial charge in [0.05, 0.1) is 24.4 Å². The first-order valence-electron chi connectivity index (χ1n) is 8.62. The number of benzene rings is 2. The molecule has 5 nitrogen and oxygen atoms in total. The smallest absolute Gasteiger partial charge is 0.230 e. The van der Waals surface area contributed by atoms with Crippen LogP contribution in [0.2, 0.25) is 0 Å². The molecule has 3 rings (SSSR count). The van der Waals surface area contributed by atoms with Gasteiger partial charge >= 0.3 is 0 Å². The number of oxazole rings is 1. The summed E-state index contributed by atoms with van der Waals surface area (Å²) in [7, 11) is 0. The average molecular weight is 350 g/mol. The van der Waals surface area contributed by atoms with Crippen molar-refractivity contribution in [1.82, 2.24) is 4.98 Å². The summed E-state index contributed by atoms with van der Waals surface area (Å²) in [6.07, 6.45) is 0.140. The standard InChI is InChI=1S/C21H22N2O3/c1-4-25-19-11-6-5-10-17(19)22-20(24)13-18-15(3)26-21(23-18)16-9-7-8-14(2)12-16/h5-12H,4,13H2,1-3H3,(H,22,24). The molecule has 0 bridgehead atoms. The van der Waals surface area contributed by atoms with Crippen LogP contribution in [0.5, 0.6) is 5.75 Å². The molecule has 0 aliphatic rings. The first-order chi connectivity index (χ1) is 12.6. The van der Waals surface area contributed by atoms with E-state index in [0.29, 0.717) is 35.4 Å². The third-order valence-electron chi connectivity index (χ3n) is 3.95. The molecule has 0 spiro atoms. The van der Waals surface area contributed by atoms with Crippen LogP contribution in [-0.2, 0) is 11.2 Å². The van der Waals surface area contributed by atoms with Crippen molar-refractivity contribution in [3.05, 3.63) is 65.5 Å². The van der Waals surface area contributed by atoms with Crippen molar-refractivity contribution in [1.29, 1.82) is 0 Å². The van der Waals surface area contributed by atoms with Crippen molar-refractivity contribution in [3.8, 4) is 17.2 Å². The number of hydrogen-bond acceptors (Lipinski definition) is 4. The van der Waals surface area contributed by atoms with Crippen molar-refractivity contribution < 1.29 is 13.9 Å². The molecule has 0 atom stereocenters. The number of carbonyl (C=O) groups excluding carboxylic acids is 1. The van der Waals surface area contributed by atoms with Gasteiger partial charge in [-0.1, -0.05) is 29.8 Å². The first kappa shape index (κ1) is 17.7. The van der Waals surface area contributed by atoms with E-state index in [1.165, 1.54) is 0 Å². The Balaban J connectivity index is 1.74. The van der Waals surface area contributed by atoms with Gasteiger partial charge in [-0.15, -0.1) is 0 Å². The number of rotatable bonds is 6. The van der Waals surface area contributed by atoms with Gasteiger partial charge in [-0.3, -0.25) is 4.79 Å². The Morgan fingerprint density at radius 1 is 1.15 bits per heavy atom. The molecule has 0 aliphatic carbocycles. The first-order valence-corrected chi connectivity index (χ1v) is 8.62. The summed E-state index contributed by atoms with van der Waals surface area (Å²) < 4.78 is 11.3. The zero-order valence-corrected chi connectivity index (χ0v) is 15.2. The number of carbonyl (C=O) groups is 1. The molecule has 0 aliphatic heterocycles. The molecular formula is C21H22N2O3. The van der Waals surface area contributed by atoms with Crippen molar-refractivity contribution in [2.75, 3.05) is 11.9 Å². The summed E-state index contributed by atoms with van der Waals surface area (Å²) in [5.41, 5.74) is 3.32. The number of amides is 1. The van der Waals surface area contributed by atoms with Gasteiger partial charge in [-0.05, 0) is 45.0 Å². The molecule has 1 aromatic heterocycles. The van der Waals surface area contributed by atoms with Crippen LogP contribution >= 0.6 is 0 Å². The lowest BCUT2D eigenvalue weighted by molar-refractivity contribution is -0.115. The van der Waals surface area contributed by atoms with Gasteiger partial charge in [0.15, 0.2) is 0 Å². The van der Waals surface area contributed by atoms with Crippen molar-refractivity contribution in [2.45, 2.75) is 27.2 Å². The van der Waals surface area contributed by atoms with Gasteiger partial charge < -0.3 is 14.5 Å². The van der Waals surface area contributed by atoms with Crippen LogP contribution in [0.3, 0.4) is 0 Å². The van der Waals surface area contributed by atoms with Crippen LogP contribution in [0.1, 0.15) is 23.9 Å². The van der Waals surface area contributed by atoms with Crippen LogP contribution in [0, 0.1) is 13.8 Å². The lowest BCUT2D eigenvalue weighted by Crippen LogP contribution is -2.16. The Morgan fingerprint density at radius 2 is 1.96 bits per heavy atom. The number of hydrogen-bond donors (Lipinski definition) is 1. The fourth-order valence-electron chi connectivity index (χ4n) is 2.69. The Bertz CT molecular complexity index is 915. The van der Waals surface area contributed by atoms with Crippen LogP contribution in [0.15, 0.2) is 52.9 Å². The number of anilines is 1. The van der Waals surface area contributed by atoms with Gasteiger partial charge in [0, 0.05) is 5.56 Å². The summed E-state index contributed by atoms with van der Waals surface area (Å²) in [6.45, 7) is 6.28. The highest BCUT2D eigenvalue weighted by atomic mass is 16.5. The Hall–Kier alpha value is -3.08. The van der Waals surface area contributed by atoms with Crippen LogP contribution in [-0.4, -0.2) is 17.5 Å². The Labute approximate surface area is 153 Å². The normalized spacial score (nSPS) is 10.6. The second kappa shape index (κ2) is 7.87. The summed E-state index contributed by atoms with van der Waals surface area (Å²) in [4.78, 5) is 16.9. The number of aryl methyl sites for hydroxylation is 2. The van der Waals surface area contributed by atoms with E-state index in [1.54, 1.807) is 0 Å². The summed E-state index contributed by atoms with van der Waals surface area (Å²) in [6, 6.07) is 15.3. The second-order valence-corrected chi connectivity index (χ2v) is 6.05. The van der Waals surface area contributed by atoms with Gasteiger partial charge in [0.25, 0.3) is 0 Å². The molecule has 0 saturated carbocycles. The monoisotopic (exact) mass is 350 g/mol. The van der Waals surface area contributed by atoms with Gasteiger partial charge in [-0.2, -0.15) is 0 Å². The lowest BCUT2D eigenvalue weighted by Gasteiger charge is -2.10. The third kappa shape index (κ3) is 4.11. The maximum Gasteiger partial charge on any atom is 0.230 e. The van der Waals surface area contributed by atoms with Crippen molar-refractivity contribution >= 4 is 11.6 Å². The minimum absolute atomic E-state index is 0.140. The molecule has 0 saturated heterocycles. The maximum absolute atomic E-state index is 12.4. The highest BCUT2D eigenvalue weighted by molar-refractivity contribution is 5.93. The van der Waals surface area contributed by atoms with Gasteiger partial charge in [0.1, 0.15) is 11.5 Å². The van der Waals surface area contributed by atoms with E-state index in [4.69, 9.17) is 9.15 Å². The number of nitrogens with zero attached hydrogens (tertiary/aromatic N) is 1. The summed E-state index contributed by atoms with van der Waals surface area (Å²) in [5, 5.41) is 2.88. The predicted molar refractivity (Wildman–Crippen MR) is 101 cm³/mol. The third-order valence-corrected chi connectivity index (χ3v) is 3.95. The molecule has 2 aromatic carbocycles. The van der Waals surface area contributed by atoms with E-state index in [1.807, 2.05) is 69.3 Å². The number of aromatic nitrogens is 1. The van der Waals surface area contributed by atoms with E-state index in [9.17, 15) is 4.79 Å². The van der Waals surface area contributed by atoms with Crippen molar-refractivity contribution in [3.63, 3.8) is 0 Å². The molecule has 0 fully saturated rings. The topological polar surface area (TPSA) is 64.4 Å². The summed E-state index contributed by atoms with van der Waals surface area (Å²) >= 11 is 0. The predicted octanol–water partition coefficient (Wildman–Crippen LogP) is 4.54. The molecule has 134 valence electrons. The van der Waals surface area contributed by atoms with Crippen LogP contribution in [0.25, 0.3) is 11.5 Å². The SMILES string of the molecule is CCOc1ccccc1NC(=O)Cc1nc(-c2cccc(C)c2)oc1C. The fraction of sp³-hybridized carbons (Fsp3) is 0.238. The van der Waals surface area contributed by atoms with E-state index >= 15 is 0 Å². The quantitative estimate of drug-likeness (QED) is 0.709. The molecular weight excluding hydrogens is 328 g/mol. The van der Waals surface area contributed by atoms with Crippen LogP contribution in [0.4, 0.5) is 5.69 Å². The molecule has 1 amide bonds. The minimum atomic E-state index is -0.163. The zero-order chi connectivity index (χ0) is 18.5. The highest BCUT2D eigenvalue weighted by Gasteiger charge is 2.16. The lowest BCUT2D eigenvalue weighted by atomic mass is 10.1. The van der Waals surface area contributed by atoms with Gasteiger partial charge in [-0.25, -0.2) is 4.98 Å². The maximum atomic E-state index is 12.4.